The van der Waals surface area contributed by atoms with Gasteiger partial charge in [-0.2, -0.15) is 0 Å². The monoisotopic (exact) mass is 314 g/mol. The van der Waals surface area contributed by atoms with Gasteiger partial charge in [-0.15, -0.1) is 11.8 Å². The van der Waals surface area contributed by atoms with Crippen LogP contribution in [0.5, 0.6) is 11.5 Å². The second-order valence-corrected chi connectivity index (χ2v) is 6.12. The predicted molar refractivity (Wildman–Crippen MR) is 87.0 cm³/mol. The first kappa shape index (κ1) is 14.7. The molecule has 0 unspecified atom stereocenters. The van der Waals surface area contributed by atoms with E-state index in [1.807, 2.05) is 6.92 Å². The zero-order chi connectivity index (χ0) is 15.9. The third kappa shape index (κ3) is 2.01. The average molecular weight is 314 g/mol. The van der Waals surface area contributed by atoms with Crippen LogP contribution >= 0.6 is 11.8 Å². The Labute approximate surface area is 131 Å². The number of thioether (sulfide) groups is 1. The quantitative estimate of drug-likeness (QED) is 0.938. The second-order valence-electron chi connectivity index (χ2n) is 4.81. The standard InChI is InChI=1S/C17H14O4S/c1-3-22-12-8-11(18)13-14(16(12)20)17(21-2)10-7-5-4-6-9(10)15(13)19/h4-8,19H,3H2,1-2H3. The summed E-state index contributed by atoms with van der Waals surface area (Å²) in [5.74, 6) is 0.208. The fourth-order valence-electron chi connectivity index (χ4n) is 2.70. The third-order valence-corrected chi connectivity index (χ3v) is 4.51. The minimum absolute atomic E-state index is 0.0287. The number of benzene rings is 2. The van der Waals surface area contributed by atoms with Crippen molar-refractivity contribution in [2.75, 3.05) is 12.9 Å². The maximum absolute atomic E-state index is 12.7. The first-order chi connectivity index (χ1) is 10.6. The molecule has 2 aromatic rings. The van der Waals surface area contributed by atoms with Gasteiger partial charge in [-0.25, -0.2) is 0 Å². The molecule has 1 aliphatic rings. The highest BCUT2D eigenvalue weighted by atomic mass is 32.2. The summed E-state index contributed by atoms with van der Waals surface area (Å²) in [4.78, 5) is 25.5. The molecule has 0 spiro atoms. The Kier molecular flexibility index (Phi) is 3.66. The highest BCUT2D eigenvalue weighted by molar-refractivity contribution is 8.04. The molecule has 0 aromatic heterocycles. The van der Waals surface area contributed by atoms with Crippen molar-refractivity contribution in [1.82, 2.24) is 0 Å². The number of aromatic hydroxyl groups is 1. The molecule has 2 aromatic carbocycles. The van der Waals surface area contributed by atoms with Crippen LogP contribution in [0.4, 0.5) is 0 Å². The minimum atomic E-state index is -0.368. The highest BCUT2D eigenvalue weighted by Crippen LogP contribution is 2.44. The Balaban J connectivity index is 2.41. The molecule has 0 aliphatic heterocycles. The molecular weight excluding hydrogens is 300 g/mol. The molecule has 5 heteroatoms. The van der Waals surface area contributed by atoms with Crippen LogP contribution in [0.25, 0.3) is 10.8 Å². The van der Waals surface area contributed by atoms with E-state index in [2.05, 4.69) is 0 Å². The molecule has 3 rings (SSSR count). The third-order valence-electron chi connectivity index (χ3n) is 3.60. The summed E-state index contributed by atoms with van der Waals surface area (Å²) in [6, 6.07) is 7.02. The SMILES string of the molecule is CCSC1=CC(=O)c2c(c(OC)c3ccccc3c2O)C1=O. The summed E-state index contributed by atoms with van der Waals surface area (Å²) in [6.45, 7) is 1.91. The molecule has 0 heterocycles. The number of phenolic OH excluding ortho intramolecular Hbond substituents is 1. The van der Waals surface area contributed by atoms with Crippen LogP contribution in [-0.4, -0.2) is 29.5 Å². The Bertz CT molecular complexity index is 836. The van der Waals surface area contributed by atoms with Gasteiger partial charge in [-0.1, -0.05) is 31.2 Å². The van der Waals surface area contributed by atoms with Crippen molar-refractivity contribution >= 4 is 34.1 Å². The van der Waals surface area contributed by atoms with Crippen molar-refractivity contribution in [1.29, 1.82) is 0 Å². The van der Waals surface area contributed by atoms with E-state index in [-0.39, 0.29) is 28.4 Å². The Morgan fingerprint density at radius 1 is 1.14 bits per heavy atom. The van der Waals surface area contributed by atoms with Gasteiger partial charge in [0, 0.05) is 16.8 Å². The van der Waals surface area contributed by atoms with Crippen molar-refractivity contribution in [2.45, 2.75) is 6.92 Å². The number of ether oxygens (including phenoxy) is 1. The summed E-state index contributed by atoms with van der Waals surface area (Å²) in [6.07, 6.45) is 1.30. The zero-order valence-corrected chi connectivity index (χ0v) is 13.0. The van der Waals surface area contributed by atoms with Gasteiger partial charge in [-0.05, 0) is 5.75 Å². The molecule has 0 radical (unpaired) electrons. The lowest BCUT2D eigenvalue weighted by atomic mass is 9.89. The van der Waals surface area contributed by atoms with Crippen LogP contribution in [0, 0.1) is 0 Å². The lowest BCUT2D eigenvalue weighted by Gasteiger charge is -2.20. The smallest absolute Gasteiger partial charge is 0.204 e. The van der Waals surface area contributed by atoms with Crippen molar-refractivity contribution in [3.05, 3.63) is 46.4 Å². The van der Waals surface area contributed by atoms with Gasteiger partial charge in [0.1, 0.15) is 11.5 Å². The van der Waals surface area contributed by atoms with Gasteiger partial charge >= 0.3 is 0 Å². The molecule has 0 fully saturated rings. The normalized spacial score (nSPS) is 14.0. The van der Waals surface area contributed by atoms with E-state index in [0.717, 1.165) is 0 Å². The molecule has 4 nitrogen and oxygen atoms in total. The summed E-state index contributed by atoms with van der Waals surface area (Å²) in [5.41, 5.74) is 0.183. The number of allylic oxidation sites excluding steroid dienone is 2. The van der Waals surface area contributed by atoms with Gasteiger partial charge in [0.05, 0.1) is 23.1 Å². The van der Waals surface area contributed by atoms with Crippen molar-refractivity contribution < 1.29 is 19.4 Å². The van der Waals surface area contributed by atoms with E-state index in [4.69, 9.17) is 4.74 Å². The number of phenols is 1. The van der Waals surface area contributed by atoms with Crippen LogP contribution in [0.2, 0.25) is 0 Å². The second kappa shape index (κ2) is 5.50. The molecule has 112 valence electrons. The van der Waals surface area contributed by atoms with Crippen molar-refractivity contribution in [3.8, 4) is 11.5 Å². The van der Waals surface area contributed by atoms with Gasteiger partial charge in [0.2, 0.25) is 5.78 Å². The zero-order valence-electron chi connectivity index (χ0n) is 12.2. The molecule has 1 N–H and O–H groups in total. The maximum atomic E-state index is 12.7. The summed E-state index contributed by atoms with van der Waals surface area (Å²) in [7, 11) is 1.46. The summed E-state index contributed by atoms with van der Waals surface area (Å²) >= 11 is 1.31. The number of rotatable bonds is 3. The fourth-order valence-corrected chi connectivity index (χ4v) is 3.43. The van der Waals surface area contributed by atoms with Gasteiger partial charge in [-0.3, -0.25) is 9.59 Å². The number of Topliss-reactive ketones (excluding diaryl/α,β-unsaturated/α-hetero) is 1. The van der Waals surface area contributed by atoms with Gasteiger partial charge < -0.3 is 9.84 Å². The number of hydrogen-bond donors (Lipinski definition) is 1. The number of ketones is 2. The van der Waals surface area contributed by atoms with E-state index >= 15 is 0 Å². The van der Waals surface area contributed by atoms with Crippen LogP contribution < -0.4 is 4.74 Å². The molecule has 0 amide bonds. The molecule has 0 saturated carbocycles. The predicted octanol–water partition coefficient (Wildman–Crippen LogP) is 3.57. The Morgan fingerprint density at radius 3 is 2.45 bits per heavy atom. The number of methoxy groups -OCH3 is 1. The highest BCUT2D eigenvalue weighted by Gasteiger charge is 2.33. The first-order valence-corrected chi connectivity index (χ1v) is 7.83. The fraction of sp³-hybridized carbons (Fsp3) is 0.176. The number of fused-ring (bicyclic) bond motifs is 2. The summed E-state index contributed by atoms with van der Waals surface area (Å²) in [5, 5.41) is 11.6. The van der Waals surface area contributed by atoms with E-state index in [1.54, 1.807) is 24.3 Å². The maximum Gasteiger partial charge on any atom is 0.204 e. The van der Waals surface area contributed by atoms with E-state index < -0.39 is 0 Å². The number of carbonyl (C=O) groups excluding carboxylic acids is 2. The minimum Gasteiger partial charge on any atom is -0.506 e. The number of carbonyl (C=O) groups is 2. The van der Waals surface area contributed by atoms with Crippen LogP contribution in [0.15, 0.2) is 35.2 Å². The molecule has 22 heavy (non-hydrogen) atoms. The molecule has 1 aliphatic carbocycles. The van der Waals surface area contributed by atoms with E-state index in [1.165, 1.54) is 24.9 Å². The Hall–Kier alpha value is -2.27. The van der Waals surface area contributed by atoms with Crippen molar-refractivity contribution in [3.63, 3.8) is 0 Å². The van der Waals surface area contributed by atoms with Crippen molar-refractivity contribution in [2.24, 2.45) is 0 Å². The summed E-state index contributed by atoms with van der Waals surface area (Å²) < 4.78 is 5.41. The van der Waals surface area contributed by atoms with Gasteiger partial charge in [0.25, 0.3) is 0 Å². The Morgan fingerprint density at radius 2 is 1.82 bits per heavy atom. The van der Waals surface area contributed by atoms with Crippen LogP contribution in [0.1, 0.15) is 27.6 Å². The van der Waals surface area contributed by atoms with Crippen LogP contribution in [-0.2, 0) is 0 Å². The first-order valence-electron chi connectivity index (χ1n) is 6.85. The average Bonchev–Trinajstić information content (AvgIpc) is 2.52. The van der Waals surface area contributed by atoms with E-state index in [9.17, 15) is 14.7 Å². The van der Waals surface area contributed by atoms with E-state index in [0.29, 0.717) is 27.2 Å². The molecule has 0 saturated heterocycles. The lowest BCUT2D eigenvalue weighted by Crippen LogP contribution is -2.17. The van der Waals surface area contributed by atoms with Gasteiger partial charge in [0.15, 0.2) is 5.78 Å². The topological polar surface area (TPSA) is 63.6 Å². The molecule has 0 bridgehead atoms. The number of hydrogen-bond acceptors (Lipinski definition) is 5. The largest absolute Gasteiger partial charge is 0.506 e. The lowest BCUT2D eigenvalue weighted by molar-refractivity contribution is 0.0986. The molecular formula is C17H14O4S. The molecule has 0 atom stereocenters. The van der Waals surface area contributed by atoms with Crippen LogP contribution in [0.3, 0.4) is 0 Å².